The van der Waals surface area contributed by atoms with E-state index in [4.69, 9.17) is 4.52 Å². The molecule has 4 rings (SSSR count). The van der Waals surface area contributed by atoms with Crippen molar-refractivity contribution in [3.63, 3.8) is 0 Å². The fourth-order valence-electron chi connectivity index (χ4n) is 3.37. The number of nitrogens with zero attached hydrogens (tertiary/aromatic N) is 2. The second kappa shape index (κ2) is 7.78. The fraction of sp³-hybridized carbons (Fsp3) is 0.167. The summed E-state index contributed by atoms with van der Waals surface area (Å²) in [4.78, 5) is 4.30. The summed E-state index contributed by atoms with van der Waals surface area (Å²) in [7, 11) is 0. The van der Waals surface area contributed by atoms with Gasteiger partial charge in [-0.2, -0.15) is 18.2 Å². The molecule has 0 aliphatic heterocycles. The highest BCUT2D eigenvalue weighted by molar-refractivity contribution is 5.74. The zero-order chi connectivity index (χ0) is 21.3. The molecule has 152 valence electrons. The van der Waals surface area contributed by atoms with E-state index in [1.54, 1.807) is 37.3 Å². The third-order valence-electron chi connectivity index (χ3n) is 5.05. The quantitative estimate of drug-likeness (QED) is 0.366. The molecule has 0 amide bonds. The van der Waals surface area contributed by atoms with Gasteiger partial charge in [-0.1, -0.05) is 66.7 Å². The Morgan fingerprint density at radius 2 is 1.57 bits per heavy atom. The van der Waals surface area contributed by atoms with Gasteiger partial charge in [0.25, 0.3) is 5.89 Å². The average Bonchev–Trinajstić information content (AvgIpc) is 3.23. The molecule has 6 heteroatoms. The number of aromatic nitrogens is 2. The SMILES string of the molecule is CCc1ccc(-c2noc(-c3ccc(-c4ccccc4C)c(C(F)(F)F)c3)n2)cc1. The zero-order valence-corrected chi connectivity index (χ0v) is 16.5. The van der Waals surface area contributed by atoms with Crippen LogP contribution in [0.2, 0.25) is 0 Å². The first-order chi connectivity index (χ1) is 14.4. The van der Waals surface area contributed by atoms with Gasteiger partial charge in [-0.25, -0.2) is 0 Å². The van der Waals surface area contributed by atoms with E-state index in [0.717, 1.165) is 23.6 Å². The molecule has 0 unspecified atom stereocenters. The molecule has 1 heterocycles. The number of alkyl halides is 3. The molecular formula is C24H19F3N2O. The van der Waals surface area contributed by atoms with Crippen LogP contribution in [0.15, 0.2) is 71.3 Å². The van der Waals surface area contributed by atoms with Gasteiger partial charge in [-0.05, 0) is 47.7 Å². The molecule has 0 bridgehead atoms. The summed E-state index contributed by atoms with van der Waals surface area (Å²) >= 11 is 0. The highest BCUT2D eigenvalue weighted by Gasteiger charge is 2.34. The molecule has 0 spiro atoms. The van der Waals surface area contributed by atoms with Crippen molar-refractivity contribution in [1.29, 1.82) is 0 Å². The second-order valence-corrected chi connectivity index (χ2v) is 7.05. The van der Waals surface area contributed by atoms with Gasteiger partial charge in [0.2, 0.25) is 5.82 Å². The van der Waals surface area contributed by atoms with E-state index in [1.165, 1.54) is 11.6 Å². The molecule has 0 fully saturated rings. The number of halogens is 3. The minimum absolute atomic E-state index is 0.0476. The summed E-state index contributed by atoms with van der Waals surface area (Å²) in [5.74, 6) is 0.385. The molecule has 0 saturated heterocycles. The molecule has 4 aromatic rings. The lowest BCUT2D eigenvalue weighted by Gasteiger charge is -2.15. The molecule has 1 aromatic heterocycles. The molecule has 0 radical (unpaired) electrons. The molecule has 0 saturated carbocycles. The van der Waals surface area contributed by atoms with Crippen molar-refractivity contribution in [2.75, 3.05) is 0 Å². The lowest BCUT2D eigenvalue weighted by Crippen LogP contribution is -2.08. The average molecular weight is 408 g/mol. The first-order valence-corrected chi connectivity index (χ1v) is 9.57. The molecule has 3 aromatic carbocycles. The van der Waals surface area contributed by atoms with Crippen molar-refractivity contribution in [3.05, 3.63) is 83.4 Å². The monoisotopic (exact) mass is 408 g/mol. The Hall–Kier alpha value is -3.41. The van der Waals surface area contributed by atoms with Crippen molar-refractivity contribution in [3.8, 4) is 34.0 Å². The third kappa shape index (κ3) is 3.85. The van der Waals surface area contributed by atoms with Crippen LogP contribution in [0.1, 0.15) is 23.6 Å². The third-order valence-corrected chi connectivity index (χ3v) is 5.05. The lowest BCUT2D eigenvalue weighted by molar-refractivity contribution is -0.137. The van der Waals surface area contributed by atoms with Crippen LogP contribution in [0.5, 0.6) is 0 Å². The van der Waals surface area contributed by atoms with E-state index >= 15 is 0 Å². The maximum Gasteiger partial charge on any atom is 0.417 e. The Labute approximate surface area is 172 Å². The van der Waals surface area contributed by atoms with Gasteiger partial charge in [-0.3, -0.25) is 0 Å². The summed E-state index contributed by atoms with van der Waals surface area (Å²) in [6.45, 7) is 3.85. The van der Waals surface area contributed by atoms with Crippen molar-refractivity contribution in [2.45, 2.75) is 26.4 Å². The van der Waals surface area contributed by atoms with Gasteiger partial charge in [0.05, 0.1) is 5.56 Å². The molecular weight excluding hydrogens is 389 g/mol. The van der Waals surface area contributed by atoms with Crippen molar-refractivity contribution >= 4 is 0 Å². The zero-order valence-electron chi connectivity index (χ0n) is 16.5. The van der Waals surface area contributed by atoms with Crippen LogP contribution in [0, 0.1) is 6.92 Å². The van der Waals surface area contributed by atoms with Crippen LogP contribution in [0.4, 0.5) is 13.2 Å². The smallest absolute Gasteiger partial charge is 0.334 e. The summed E-state index contributed by atoms with van der Waals surface area (Å²) in [6, 6.07) is 18.8. The van der Waals surface area contributed by atoms with Crippen molar-refractivity contribution in [1.82, 2.24) is 10.1 Å². The van der Waals surface area contributed by atoms with E-state index in [9.17, 15) is 13.2 Å². The van der Waals surface area contributed by atoms with Crippen molar-refractivity contribution in [2.24, 2.45) is 0 Å². The Bertz CT molecular complexity index is 1180. The number of hydrogen-bond donors (Lipinski definition) is 0. The number of aryl methyl sites for hydroxylation is 2. The summed E-state index contributed by atoms with van der Waals surface area (Å²) in [6.07, 6.45) is -3.61. The van der Waals surface area contributed by atoms with E-state index in [2.05, 4.69) is 17.1 Å². The van der Waals surface area contributed by atoms with Gasteiger partial charge in [0.1, 0.15) is 0 Å². The van der Waals surface area contributed by atoms with Crippen LogP contribution in [-0.2, 0) is 12.6 Å². The number of benzene rings is 3. The van der Waals surface area contributed by atoms with E-state index < -0.39 is 11.7 Å². The fourth-order valence-corrected chi connectivity index (χ4v) is 3.37. The van der Waals surface area contributed by atoms with E-state index in [1.807, 2.05) is 24.3 Å². The molecule has 0 aliphatic rings. The second-order valence-electron chi connectivity index (χ2n) is 7.05. The molecule has 0 atom stereocenters. The topological polar surface area (TPSA) is 38.9 Å². The van der Waals surface area contributed by atoms with Gasteiger partial charge in [0, 0.05) is 11.1 Å². The normalized spacial score (nSPS) is 11.6. The minimum atomic E-state index is -4.52. The predicted molar refractivity (Wildman–Crippen MR) is 110 cm³/mol. The Balaban J connectivity index is 1.75. The highest BCUT2D eigenvalue weighted by Crippen LogP contribution is 2.40. The van der Waals surface area contributed by atoms with Gasteiger partial charge in [0.15, 0.2) is 0 Å². The highest BCUT2D eigenvalue weighted by atomic mass is 19.4. The van der Waals surface area contributed by atoms with E-state index in [0.29, 0.717) is 11.4 Å². The van der Waals surface area contributed by atoms with Crippen LogP contribution >= 0.6 is 0 Å². The Morgan fingerprint density at radius 3 is 2.23 bits per heavy atom. The number of hydrogen-bond acceptors (Lipinski definition) is 3. The molecule has 3 nitrogen and oxygen atoms in total. The standard InChI is InChI=1S/C24H19F3N2O/c1-3-16-8-10-17(11-9-16)22-28-23(30-29-22)18-12-13-20(21(14-18)24(25,26)27)19-7-5-4-6-15(19)2/h4-14H,3H2,1-2H3. The first kappa shape index (κ1) is 19.9. The van der Waals surface area contributed by atoms with Crippen LogP contribution in [0.3, 0.4) is 0 Å². The van der Waals surface area contributed by atoms with Gasteiger partial charge >= 0.3 is 6.18 Å². The molecule has 0 N–H and O–H groups in total. The van der Waals surface area contributed by atoms with Crippen LogP contribution < -0.4 is 0 Å². The summed E-state index contributed by atoms with van der Waals surface area (Å²) in [5, 5.41) is 3.94. The molecule has 0 aliphatic carbocycles. The van der Waals surface area contributed by atoms with Crippen LogP contribution in [-0.4, -0.2) is 10.1 Å². The van der Waals surface area contributed by atoms with E-state index in [-0.39, 0.29) is 17.0 Å². The Morgan fingerprint density at radius 1 is 0.867 bits per heavy atom. The summed E-state index contributed by atoms with van der Waals surface area (Å²) in [5.41, 5.74) is 2.84. The van der Waals surface area contributed by atoms with Gasteiger partial charge in [-0.15, -0.1) is 0 Å². The maximum atomic E-state index is 13.8. The minimum Gasteiger partial charge on any atom is -0.334 e. The van der Waals surface area contributed by atoms with Crippen molar-refractivity contribution < 1.29 is 17.7 Å². The Kier molecular flexibility index (Phi) is 5.16. The molecule has 30 heavy (non-hydrogen) atoms. The number of rotatable bonds is 4. The largest absolute Gasteiger partial charge is 0.417 e. The predicted octanol–water partition coefficient (Wildman–Crippen LogP) is 6.96. The summed E-state index contributed by atoms with van der Waals surface area (Å²) < 4.78 is 46.8. The lowest BCUT2D eigenvalue weighted by atomic mass is 9.94. The van der Waals surface area contributed by atoms with Gasteiger partial charge < -0.3 is 4.52 Å². The maximum absolute atomic E-state index is 13.8. The first-order valence-electron chi connectivity index (χ1n) is 9.57. The van der Waals surface area contributed by atoms with Crippen LogP contribution in [0.25, 0.3) is 34.0 Å².